The molecule has 1 N–H and O–H groups in total. The summed E-state index contributed by atoms with van der Waals surface area (Å²) < 4.78 is 0. The zero-order valence-corrected chi connectivity index (χ0v) is 11.5. The number of aliphatic imine (C=N–C) groups is 1. The Hall–Kier alpha value is 0.864. The van der Waals surface area contributed by atoms with E-state index in [1.54, 1.807) is 0 Å². The van der Waals surface area contributed by atoms with Crippen molar-refractivity contribution in [2.45, 2.75) is 59.0 Å². The first-order valence-electron chi connectivity index (χ1n) is 5.34. The molecule has 0 spiro atoms. The van der Waals surface area contributed by atoms with E-state index in [0.29, 0.717) is 0 Å². The minimum atomic E-state index is -0.639. The molecule has 0 fully saturated rings. The van der Waals surface area contributed by atoms with Crippen molar-refractivity contribution in [3.8, 4) is 0 Å². The molecule has 0 bridgehead atoms. The van der Waals surface area contributed by atoms with Crippen LogP contribution in [0.1, 0.15) is 53.4 Å². The van der Waals surface area contributed by atoms with Crippen LogP contribution in [-0.4, -0.2) is 23.0 Å². The fraction of sp³-hybridized carbons (Fsp3) is 0.909. The van der Waals surface area contributed by atoms with Crippen molar-refractivity contribution < 1.29 is 42.0 Å². The topological polar surface area (TPSA) is 32.6 Å². The molecule has 0 aliphatic rings. The first kappa shape index (κ1) is 17.3. The van der Waals surface area contributed by atoms with Crippen molar-refractivity contribution in [1.82, 2.24) is 0 Å². The first-order chi connectivity index (χ1) is 6.10. The van der Waals surface area contributed by atoms with Gasteiger partial charge in [0.1, 0.15) is 5.60 Å². The summed E-state index contributed by atoms with van der Waals surface area (Å²) in [6.45, 7) is 8.90. The first-order valence-corrected chi connectivity index (χ1v) is 5.34. The summed E-state index contributed by atoms with van der Waals surface area (Å²) in [7, 11) is 0. The van der Waals surface area contributed by atoms with E-state index in [2.05, 4.69) is 18.8 Å². The van der Waals surface area contributed by atoms with Crippen molar-refractivity contribution in [2.75, 3.05) is 6.54 Å². The van der Waals surface area contributed by atoms with Gasteiger partial charge >= 0.3 is 0 Å². The van der Waals surface area contributed by atoms with Crippen LogP contribution in [0.3, 0.4) is 0 Å². The third-order valence-corrected chi connectivity index (χ3v) is 2.40. The van der Waals surface area contributed by atoms with Crippen LogP contribution in [0.5, 0.6) is 0 Å². The van der Waals surface area contributed by atoms with Crippen molar-refractivity contribution in [2.24, 2.45) is 4.99 Å². The third kappa shape index (κ3) is 5.67. The molecule has 0 aromatic carbocycles. The normalized spacial score (nSPS) is 12.5. The van der Waals surface area contributed by atoms with Gasteiger partial charge in [-0.3, -0.25) is 4.99 Å². The van der Waals surface area contributed by atoms with Crippen LogP contribution in [0.4, 0.5) is 0 Å². The van der Waals surface area contributed by atoms with Gasteiger partial charge in [0.2, 0.25) is 0 Å². The summed E-state index contributed by atoms with van der Waals surface area (Å²) in [6, 6.07) is 0. The third-order valence-electron chi connectivity index (χ3n) is 2.40. The van der Waals surface area contributed by atoms with Crippen LogP contribution in [0.2, 0.25) is 0 Å². The second-order valence-corrected chi connectivity index (χ2v) is 3.59. The molecule has 0 atom stereocenters. The standard InChI is InChI=1S/C11H23NO.Tm/c1-5-8-11(13,9-6-2)10(4)12-7-3;/h13H,5-9H2,1-4H3;. The molecule has 0 aliphatic carbocycles. The minimum absolute atomic E-state index is 0. The molecular weight excluding hydrogens is 331 g/mol. The number of rotatable bonds is 6. The number of aliphatic hydroxyl groups is 1. The molecule has 0 aromatic rings. The number of nitrogens with zero attached hydrogens (tertiary/aromatic N) is 1. The van der Waals surface area contributed by atoms with Gasteiger partial charge in [-0.25, -0.2) is 0 Å². The zero-order valence-electron chi connectivity index (χ0n) is 9.71. The van der Waals surface area contributed by atoms with Gasteiger partial charge in [-0.15, -0.1) is 0 Å². The fourth-order valence-corrected chi connectivity index (χ4v) is 1.70. The van der Waals surface area contributed by atoms with Crippen molar-refractivity contribution in [3.05, 3.63) is 0 Å². The van der Waals surface area contributed by atoms with Gasteiger partial charge in [0.25, 0.3) is 0 Å². The van der Waals surface area contributed by atoms with Gasteiger partial charge in [-0.2, -0.15) is 0 Å². The molecule has 2 nitrogen and oxygen atoms in total. The SMILES string of the molecule is CCCC(O)(CCC)C(C)=NCC.[Tm]. The Morgan fingerprint density at radius 3 is 1.86 bits per heavy atom. The molecule has 0 rings (SSSR count). The second kappa shape index (κ2) is 9.12. The summed E-state index contributed by atoms with van der Waals surface area (Å²) >= 11 is 0. The van der Waals surface area contributed by atoms with E-state index in [1.165, 1.54) is 0 Å². The largest absolute Gasteiger partial charge is 0.384 e. The molecule has 1 radical (unpaired) electrons. The smallest absolute Gasteiger partial charge is 0.102 e. The average Bonchev–Trinajstić information content (AvgIpc) is 2.05. The Kier molecular flexibility index (Phi) is 11.2. The van der Waals surface area contributed by atoms with Crippen LogP contribution < -0.4 is 0 Å². The van der Waals surface area contributed by atoms with E-state index in [-0.39, 0.29) is 36.9 Å². The summed E-state index contributed by atoms with van der Waals surface area (Å²) in [4.78, 5) is 4.30. The van der Waals surface area contributed by atoms with Crippen molar-refractivity contribution in [3.63, 3.8) is 0 Å². The van der Waals surface area contributed by atoms with Crippen LogP contribution in [-0.2, 0) is 0 Å². The van der Waals surface area contributed by atoms with Gasteiger partial charge in [-0.05, 0) is 26.7 Å². The Morgan fingerprint density at radius 1 is 1.14 bits per heavy atom. The van der Waals surface area contributed by atoms with E-state index in [4.69, 9.17) is 0 Å². The predicted octanol–water partition coefficient (Wildman–Crippen LogP) is 2.80. The molecule has 0 saturated heterocycles. The molecule has 0 saturated carbocycles. The van der Waals surface area contributed by atoms with Crippen molar-refractivity contribution in [1.29, 1.82) is 0 Å². The van der Waals surface area contributed by atoms with Gasteiger partial charge in [0, 0.05) is 49.1 Å². The van der Waals surface area contributed by atoms with Gasteiger partial charge < -0.3 is 5.11 Å². The Bertz CT molecular complexity index is 163. The van der Waals surface area contributed by atoms with Crippen molar-refractivity contribution >= 4 is 5.71 Å². The average molecular weight is 354 g/mol. The predicted molar refractivity (Wildman–Crippen MR) is 58.4 cm³/mol. The molecule has 3 heteroatoms. The number of hydrogen-bond donors (Lipinski definition) is 1. The maximum atomic E-state index is 10.3. The zero-order chi connectivity index (χ0) is 10.3. The van der Waals surface area contributed by atoms with Crippen LogP contribution in [0.25, 0.3) is 0 Å². The van der Waals surface area contributed by atoms with Crippen LogP contribution >= 0.6 is 0 Å². The Morgan fingerprint density at radius 2 is 1.57 bits per heavy atom. The molecular formula is C11H23NOTm. The maximum absolute atomic E-state index is 10.3. The minimum Gasteiger partial charge on any atom is -0.384 e. The summed E-state index contributed by atoms with van der Waals surface area (Å²) in [6.07, 6.45) is 3.67. The molecule has 91 valence electrons. The summed E-state index contributed by atoms with van der Waals surface area (Å²) in [5, 5.41) is 10.3. The van der Waals surface area contributed by atoms with Gasteiger partial charge in [0.05, 0.1) is 0 Å². The second-order valence-electron chi connectivity index (χ2n) is 3.59. The van der Waals surface area contributed by atoms with E-state index in [1.807, 2.05) is 13.8 Å². The molecule has 0 heterocycles. The summed E-state index contributed by atoms with van der Waals surface area (Å²) in [5.41, 5.74) is 0.262. The molecule has 14 heavy (non-hydrogen) atoms. The molecule has 0 unspecified atom stereocenters. The Balaban J connectivity index is 0. The van der Waals surface area contributed by atoms with E-state index >= 15 is 0 Å². The van der Waals surface area contributed by atoms with Gasteiger partial charge in [-0.1, -0.05) is 26.7 Å². The maximum Gasteiger partial charge on any atom is 0.102 e. The quantitative estimate of drug-likeness (QED) is 0.731. The van der Waals surface area contributed by atoms with E-state index in [0.717, 1.165) is 37.9 Å². The molecule has 0 aliphatic heterocycles. The fourth-order valence-electron chi connectivity index (χ4n) is 1.70. The summed E-state index contributed by atoms with van der Waals surface area (Å²) in [5.74, 6) is 0. The Labute approximate surface area is 117 Å². The molecule has 0 amide bonds. The van der Waals surface area contributed by atoms with Crippen LogP contribution in [0, 0.1) is 36.9 Å². The van der Waals surface area contributed by atoms with E-state index in [9.17, 15) is 5.11 Å². The molecule has 0 aromatic heterocycles. The van der Waals surface area contributed by atoms with Crippen LogP contribution in [0.15, 0.2) is 4.99 Å². The monoisotopic (exact) mass is 354 g/mol. The van der Waals surface area contributed by atoms with E-state index < -0.39 is 5.60 Å². The number of hydrogen-bond acceptors (Lipinski definition) is 2. The van der Waals surface area contributed by atoms with Gasteiger partial charge in [0.15, 0.2) is 0 Å².